The molecule has 0 aliphatic heterocycles. The standard InChI is InChI=1S/C29H21NS/c1-20-10-9-13-22(18-20)30(21-11-3-2-4-12-21)27-19-26-24-15-7-8-17-28(24)31-29(26)25-16-6-5-14-23(25)27/h2-19H,1H3. The van der Waals surface area contributed by atoms with Crippen LogP contribution in [0.5, 0.6) is 0 Å². The van der Waals surface area contributed by atoms with Gasteiger partial charge >= 0.3 is 0 Å². The third-order valence-electron chi connectivity index (χ3n) is 5.88. The maximum Gasteiger partial charge on any atom is 0.0547 e. The fourth-order valence-electron chi connectivity index (χ4n) is 4.48. The fourth-order valence-corrected chi connectivity index (χ4v) is 5.71. The Morgan fingerprint density at radius 1 is 0.548 bits per heavy atom. The van der Waals surface area contributed by atoms with E-state index in [0.29, 0.717) is 0 Å². The van der Waals surface area contributed by atoms with Crippen molar-refractivity contribution in [3.63, 3.8) is 0 Å². The molecule has 0 saturated heterocycles. The van der Waals surface area contributed by atoms with Crippen LogP contribution in [-0.2, 0) is 0 Å². The van der Waals surface area contributed by atoms with Gasteiger partial charge in [-0.25, -0.2) is 0 Å². The molecule has 6 rings (SSSR count). The second-order valence-electron chi connectivity index (χ2n) is 7.93. The molecule has 0 radical (unpaired) electrons. The molecule has 0 aliphatic carbocycles. The highest BCUT2D eigenvalue weighted by molar-refractivity contribution is 7.26. The summed E-state index contributed by atoms with van der Waals surface area (Å²) in [5.41, 5.74) is 4.81. The van der Waals surface area contributed by atoms with E-state index in [-0.39, 0.29) is 0 Å². The van der Waals surface area contributed by atoms with E-state index in [0.717, 1.165) is 5.69 Å². The topological polar surface area (TPSA) is 3.24 Å². The molecular formula is C29H21NS. The van der Waals surface area contributed by atoms with Gasteiger partial charge in [0.1, 0.15) is 0 Å². The first-order valence-electron chi connectivity index (χ1n) is 10.5. The highest BCUT2D eigenvalue weighted by Crippen LogP contribution is 2.46. The number of para-hydroxylation sites is 1. The summed E-state index contributed by atoms with van der Waals surface area (Å²) in [6, 6.07) is 39.3. The van der Waals surface area contributed by atoms with Gasteiger partial charge in [0, 0.05) is 42.3 Å². The normalized spacial score (nSPS) is 11.4. The van der Waals surface area contributed by atoms with E-state index < -0.39 is 0 Å². The van der Waals surface area contributed by atoms with Gasteiger partial charge in [0.25, 0.3) is 0 Å². The van der Waals surface area contributed by atoms with Crippen LogP contribution in [0.4, 0.5) is 17.1 Å². The second kappa shape index (κ2) is 7.26. The minimum atomic E-state index is 1.16. The van der Waals surface area contributed by atoms with Gasteiger partial charge in [-0.15, -0.1) is 11.3 Å². The maximum absolute atomic E-state index is 2.39. The lowest BCUT2D eigenvalue weighted by atomic mass is 10.0. The van der Waals surface area contributed by atoms with Crippen LogP contribution in [0.15, 0.2) is 109 Å². The van der Waals surface area contributed by atoms with Crippen molar-refractivity contribution in [1.82, 2.24) is 0 Å². The quantitative estimate of drug-likeness (QED) is 0.279. The van der Waals surface area contributed by atoms with Crippen molar-refractivity contribution in [1.29, 1.82) is 0 Å². The van der Waals surface area contributed by atoms with Crippen molar-refractivity contribution >= 4 is 59.3 Å². The number of hydrogen-bond acceptors (Lipinski definition) is 2. The van der Waals surface area contributed by atoms with Gasteiger partial charge in [0.2, 0.25) is 0 Å². The summed E-state index contributed by atoms with van der Waals surface area (Å²) in [6.07, 6.45) is 0. The predicted molar refractivity (Wildman–Crippen MR) is 136 cm³/mol. The summed E-state index contributed by atoms with van der Waals surface area (Å²) in [6.45, 7) is 2.15. The Morgan fingerprint density at radius 2 is 1.23 bits per heavy atom. The molecular weight excluding hydrogens is 394 g/mol. The molecule has 0 aliphatic rings. The van der Waals surface area contributed by atoms with Crippen LogP contribution in [0.2, 0.25) is 0 Å². The van der Waals surface area contributed by atoms with E-state index in [1.54, 1.807) is 0 Å². The van der Waals surface area contributed by atoms with Crippen molar-refractivity contribution in [2.45, 2.75) is 6.92 Å². The Balaban J connectivity index is 1.75. The highest BCUT2D eigenvalue weighted by Gasteiger charge is 2.18. The molecule has 0 atom stereocenters. The molecule has 2 heteroatoms. The van der Waals surface area contributed by atoms with Crippen LogP contribution < -0.4 is 4.90 Å². The molecule has 31 heavy (non-hydrogen) atoms. The zero-order valence-corrected chi connectivity index (χ0v) is 18.1. The minimum absolute atomic E-state index is 1.16. The zero-order valence-electron chi connectivity index (χ0n) is 17.2. The first-order chi connectivity index (χ1) is 15.3. The third kappa shape index (κ3) is 2.99. The first-order valence-corrected chi connectivity index (χ1v) is 11.4. The smallest absolute Gasteiger partial charge is 0.0547 e. The molecule has 0 spiro atoms. The molecule has 1 nitrogen and oxygen atoms in total. The molecule has 0 fully saturated rings. The van der Waals surface area contributed by atoms with Gasteiger partial charge in [-0.05, 0) is 48.9 Å². The summed E-state index contributed by atoms with van der Waals surface area (Å²) in [5.74, 6) is 0. The van der Waals surface area contributed by atoms with E-state index >= 15 is 0 Å². The van der Waals surface area contributed by atoms with Gasteiger partial charge in [-0.2, -0.15) is 0 Å². The molecule has 0 N–H and O–H groups in total. The molecule has 1 aromatic heterocycles. The predicted octanol–water partition coefficient (Wildman–Crippen LogP) is 8.99. The number of thiophene rings is 1. The van der Waals surface area contributed by atoms with Crippen LogP contribution in [0.25, 0.3) is 30.9 Å². The van der Waals surface area contributed by atoms with E-state index in [2.05, 4.69) is 121 Å². The second-order valence-corrected chi connectivity index (χ2v) is 8.98. The van der Waals surface area contributed by atoms with Crippen LogP contribution in [0.1, 0.15) is 5.56 Å². The summed E-state index contributed by atoms with van der Waals surface area (Å²) < 4.78 is 2.69. The zero-order chi connectivity index (χ0) is 20.8. The monoisotopic (exact) mass is 415 g/mol. The largest absolute Gasteiger partial charge is 0.310 e. The summed E-state index contributed by atoms with van der Waals surface area (Å²) in [4.78, 5) is 2.39. The lowest BCUT2D eigenvalue weighted by Gasteiger charge is -2.27. The molecule has 6 aromatic rings. The molecule has 148 valence electrons. The number of benzene rings is 5. The number of hydrogen-bond donors (Lipinski definition) is 0. The van der Waals surface area contributed by atoms with Gasteiger partial charge in [-0.3, -0.25) is 0 Å². The van der Waals surface area contributed by atoms with E-state index in [9.17, 15) is 0 Å². The van der Waals surface area contributed by atoms with Crippen molar-refractivity contribution in [2.24, 2.45) is 0 Å². The molecule has 1 heterocycles. The Kier molecular flexibility index (Phi) is 4.26. The third-order valence-corrected chi connectivity index (χ3v) is 7.10. The molecule has 0 amide bonds. The fraction of sp³-hybridized carbons (Fsp3) is 0.0345. The Hall–Kier alpha value is -3.62. The average molecular weight is 416 g/mol. The maximum atomic E-state index is 2.39. The van der Waals surface area contributed by atoms with Crippen molar-refractivity contribution in [3.8, 4) is 0 Å². The highest BCUT2D eigenvalue weighted by atomic mass is 32.1. The van der Waals surface area contributed by atoms with Crippen molar-refractivity contribution < 1.29 is 0 Å². The number of nitrogens with zero attached hydrogens (tertiary/aromatic N) is 1. The van der Waals surface area contributed by atoms with E-state index in [1.165, 1.54) is 47.9 Å². The minimum Gasteiger partial charge on any atom is -0.310 e. The van der Waals surface area contributed by atoms with Gasteiger partial charge in [-0.1, -0.05) is 72.8 Å². The Bertz CT molecular complexity index is 1550. The van der Waals surface area contributed by atoms with Gasteiger partial charge < -0.3 is 4.90 Å². The summed E-state index contributed by atoms with van der Waals surface area (Å²) in [5, 5.41) is 5.23. The van der Waals surface area contributed by atoms with E-state index in [4.69, 9.17) is 0 Å². The van der Waals surface area contributed by atoms with Crippen LogP contribution in [0.3, 0.4) is 0 Å². The summed E-state index contributed by atoms with van der Waals surface area (Å²) in [7, 11) is 0. The molecule has 0 bridgehead atoms. The number of rotatable bonds is 3. The summed E-state index contributed by atoms with van der Waals surface area (Å²) >= 11 is 1.89. The van der Waals surface area contributed by atoms with Crippen LogP contribution >= 0.6 is 11.3 Å². The van der Waals surface area contributed by atoms with Gasteiger partial charge in [0.15, 0.2) is 0 Å². The van der Waals surface area contributed by atoms with Crippen LogP contribution in [0, 0.1) is 6.92 Å². The van der Waals surface area contributed by atoms with Gasteiger partial charge in [0.05, 0.1) is 5.69 Å². The number of anilines is 3. The molecule has 5 aromatic carbocycles. The lowest BCUT2D eigenvalue weighted by Crippen LogP contribution is -2.10. The molecule has 0 unspecified atom stereocenters. The van der Waals surface area contributed by atoms with Crippen molar-refractivity contribution in [2.75, 3.05) is 4.90 Å². The van der Waals surface area contributed by atoms with Crippen molar-refractivity contribution in [3.05, 3.63) is 115 Å². The van der Waals surface area contributed by atoms with Crippen LogP contribution in [-0.4, -0.2) is 0 Å². The first kappa shape index (κ1) is 18.2. The Labute approximate surface area is 185 Å². The number of aryl methyl sites for hydroxylation is 1. The average Bonchev–Trinajstić information content (AvgIpc) is 3.19. The Morgan fingerprint density at radius 3 is 2.03 bits per heavy atom. The molecule has 0 saturated carbocycles. The lowest BCUT2D eigenvalue weighted by molar-refractivity contribution is 1.29. The van der Waals surface area contributed by atoms with E-state index in [1.807, 2.05) is 11.3 Å². The number of fused-ring (bicyclic) bond motifs is 5. The SMILES string of the molecule is Cc1cccc(N(c2ccccc2)c2cc3c4ccccc4sc3c3ccccc23)c1.